The molecule has 0 saturated heterocycles. The van der Waals surface area contributed by atoms with Crippen LogP contribution in [-0.4, -0.2) is 9.55 Å². The lowest BCUT2D eigenvalue weighted by atomic mass is 10.0. The summed E-state index contributed by atoms with van der Waals surface area (Å²) in [5.41, 5.74) is 9.51. The van der Waals surface area contributed by atoms with Crippen LogP contribution in [0.1, 0.15) is 29.8 Å². The highest BCUT2D eigenvalue weighted by atomic mass is 19.1. The van der Waals surface area contributed by atoms with Crippen LogP contribution in [-0.2, 0) is 19.4 Å². The van der Waals surface area contributed by atoms with Crippen LogP contribution in [0.15, 0.2) is 24.5 Å². The number of aryl methyl sites for hydroxylation is 1. The van der Waals surface area contributed by atoms with Gasteiger partial charge in [-0.05, 0) is 49.4 Å². The van der Waals surface area contributed by atoms with E-state index in [4.69, 9.17) is 5.73 Å². The summed E-state index contributed by atoms with van der Waals surface area (Å²) in [6, 6.07) is 4.69. The SMILES string of the molecule is Nc1cc(F)cc(Cn2cnc3c2CCCC3)c1. The third-order valence-electron chi connectivity index (χ3n) is 3.44. The lowest BCUT2D eigenvalue weighted by Crippen LogP contribution is -2.09. The van der Waals surface area contributed by atoms with Crippen molar-refractivity contribution in [2.24, 2.45) is 0 Å². The topological polar surface area (TPSA) is 43.8 Å². The normalized spacial score (nSPS) is 14.5. The second-order valence-electron chi connectivity index (χ2n) is 4.87. The van der Waals surface area contributed by atoms with Crippen LogP contribution in [0.2, 0.25) is 0 Å². The monoisotopic (exact) mass is 245 g/mol. The summed E-state index contributed by atoms with van der Waals surface area (Å²) in [4.78, 5) is 4.44. The molecule has 0 bridgehead atoms. The summed E-state index contributed by atoms with van der Waals surface area (Å²) < 4.78 is 15.4. The minimum Gasteiger partial charge on any atom is -0.399 e. The van der Waals surface area contributed by atoms with Gasteiger partial charge in [0.1, 0.15) is 5.82 Å². The van der Waals surface area contributed by atoms with Crippen molar-refractivity contribution in [2.45, 2.75) is 32.2 Å². The molecule has 3 rings (SSSR count). The van der Waals surface area contributed by atoms with E-state index in [2.05, 4.69) is 9.55 Å². The largest absolute Gasteiger partial charge is 0.399 e. The molecule has 1 aliphatic rings. The Morgan fingerprint density at radius 3 is 2.89 bits per heavy atom. The highest BCUT2D eigenvalue weighted by molar-refractivity contribution is 5.41. The first-order chi connectivity index (χ1) is 8.72. The minimum absolute atomic E-state index is 0.279. The number of rotatable bonds is 2. The zero-order valence-electron chi connectivity index (χ0n) is 10.2. The van der Waals surface area contributed by atoms with Gasteiger partial charge in [0, 0.05) is 17.9 Å². The lowest BCUT2D eigenvalue weighted by Gasteiger charge is -2.14. The van der Waals surface area contributed by atoms with E-state index >= 15 is 0 Å². The van der Waals surface area contributed by atoms with Gasteiger partial charge in [-0.15, -0.1) is 0 Å². The van der Waals surface area contributed by atoms with E-state index in [1.807, 2.05) is 12.4 Å². The highest BCUT2D eigenvalue weighted by Gasteiger charge is 2.15. The zero-order valence-corrected chi connectivity index (χ0v) is 10.2. The Hall–Kier alpha value is -1.84. The van der Waals surface area contributed by atoms with Crippen molar-refractivity contribution >= 4 is 5.69 Å². The van der Waals surface area contributed by atoms with Gasteiger partial charge < -0.3 is 10.3 Å². The number of fused-ring (bicyclic) bond motifs is 1. The van der Waals surface area contributed by atoms with E-state index in [9.17, 15) is 4.39 Å². The zero-order chi connectivity index (χ0) is 12.5. The Kier molecular flexibility index (Phi) is 2.78. The molecule has 1 heterocycles. The minimum atomic E-state index is -0.279. The van der Waals surface area contributed by atoms with Crippen LogP contribution in [0.5, 0.6) is 0 Å². The van der Waals surface area contributed by atoms with Crippen LogP contribution >= 0.6 is 0 Å². The van der Waals surface area contributed by atoms with Crippen molar-refractivity contribution in [1.82, 2.24) is 9.55 Å². The molecule has 18 heavy (non-hydrogen) atoms. The molecule has 0 atom stereocenters. The molecule has 2 aromatic rings. The molecule has 4 heteroatoms. The van der Waals surface area contributed by atoms with E-state index in [0.717, 1.165) is 18.4 Å². The molecule has 94 valence electrons. The van der Waals surface area contributed by atoms with Crippen molar-refractivity contribution in [2.75, 3.05) is 5.73 Å². The fraction of sp³-hybridized carbons (Fsp3) is 0.357. The molecule has 1 aliphatic carbocycles. The maximum atomic E-state index is 13.3. The third kappa shape index (κ3) is 2.10. The number of benzene rings is 1. The molecule has 1 aromatic heterocycles. The second-order valence-corrected chi connectivity index (χ2v) is 4.87. The lowest BCUT2D eigenvalue weighted by molar-refractivity contribution is 0.615. The first-order valence-corrected chi connectivity index (χ1v) is 6.30. The van der Waals surface area contributed by atoms with Crippen molar-refractivity contribution < 1.29 is 4.39 Å². The molecular weight excluding hydrogens is 229 g/mol. The number of nitrogens with zero attached hydrogens (tertiary/aromatic N) is 2. The molecule has 2 N–H and O–H groups in total. The summed E-state index contributed by atoms with van der Waals surface area (Å²) in [6.07, 6.45) is 6.42. The molecular formula is C14H16FN3. The van der Waals surface area contributed by atoms with Gasteiger partial charge in [0.2, 0.25) is 0 Å². The van der Waals surface area contributed by atoms with Gasteiger partial charge in [-0.25, -0.2) is 9.37 Å². The predicted octanol–water partition coefficient (Wildman–Crippen LogP) is 2.53. The molecule has 1 aromatic carbocycles. The second kappa shape index (κ2) is 4.44. The van der Waals surface area contributed by atoms with E-state index in [0.29, 0.717) is 12.2 Å². The molecule has 0 radical (unpaired) electrons. The van der Waals surface area contributed by atoms with Gasteiger partial charge in [0.15, 0.2) is 0 Å². The van der Waals surface area contributed by atoms with E-state index in [1.165, 1.54) is 36.4 Å². The number of halogens is 1. The van der Waals surface area contributed by atoms with Crippen LogP contribution in [0.4, 0.5) is 10.1 Å². The molecule has 0 amide bonds. The number of hydrogen-bond donors (Lipinski definition) is 1. The van der Waals surface area contributed by atoms with Crippen LogP contribution in [0, 0.1) is 5.82 Å². The number of nitrogen functional groups attached to an aromatic ring is 1. The summed E-state index contributed by atoms with van der Waals surface area (Å²) in [7, 11) is 0. The molecule has 0 spiro atoms. The Bertz CT molecular complexity index is 554. The predicted molar refractivity (Wildman–Crippen MR) is 68.8 cm³/mol. The van der Waals surface area contributed by atoms with Crippen LogP contribution < -0.4 is 5.73 Å². The number of anilines is 1. The third-order valence-corrected chi connectivity index (χ3v) is 3.44. The molecule has 0 aliphatic heterocycles. The van der Waals surface area contributed by atoms with Gasteiger partial charge in [0.05, 0.1) is 12.0 Å². The number of nitrogens with two attached hydrogens (primary N) is 1. The molecule has 0 unspecified atom stereocenters. The van der Waals surface area contributed by atoms with Gasteiger partial charge >= 0.3 is 0 Å². The van der Waals surface area contributed by atoms with E-state index in [1.54, 1.807) is 0 Å². The average Bonchev–Trinajstić information content (AvgIpc) is 2.72. The highest BCUT2D eigenvalue weighted by Crippen LogP contribution is 2.21. The van der Waals surface area contributed by atoms with Crippen molar-refractivity contribution in [3.63, 3.8) is 0 Å². The number of aromatic nitrogens is 2. The number of imidazole rings is 1. The number of hydrogen-bond acceptors (Lipinski definition) is 2. The Balaban J connectivity index is 1.90. The van der Waals surface area contributed by atoms with E-state index in [-0.39, 0.29) is 5.82 Å². The van der Waals surface area contributed by atoms with Gasteiger partial charge in [-0.1, -0.05) is 0 Å². The van der Waals surface area contributed by atoms with Crippen LogP contribution in [0.25, 0.3) is 0 Å². The standard InChI is InChI=1S/C14H16FN3/c15-11-5-10(6-12(16)7-11)8-18-9-17-13-3-1-2-4-14(13)18/h5-7,9H,1-4,8,16H2. The van der Waals surface area contributed by atoms with Crippen LogP contribution in [0.3, 0.4) is 0 Å². The van der Waals surface area contributed by atoms with Gasteiger partial charge in [0.25, 0.3) is 0 Å². The average molecular weight is 245 g/mol. The maximum absolute atomic E-state index is 13.3. The Labute approximate surface area is 105 Å². The molecule has 0 saturated carbocycles. The molecule has 3 nitrogen and oxygen atoms in total. The van der Waals surface area contributed by atoms with Crippen molar-refractivity contribution in [3.05, 3.63) is 47.3 Å². The van der Waals surface area contributed by atoms with Gasteiger partial charge in [-0.3, -0.25) is 0 Å². The first kappa shape index (κ1) is 11.3. The summed E-state index contributed by atoms with van der Waals surface area (Å²) in [5.74, 6) is -0.279. The van der Waals surface area contributed by atoms with Crippen molar-refractivity contribution in [3.8, 4) is 0 Å². The quantitative estimate of drug-likeness (QED) is 0.826. The molecule has 0 fully saturated rings. The van der Waals surface area contributed by atoms with E-state index < -0.39 is 0 Å². The van der Waals surface area contributed by atoms with Gasteiger partial charge in [-0.2, -0.15) is 0 Å². The Morgan fingerprint density at radius 2 is 2.06 bits per heavy atom. The fourth-order valence-electron chi connectivity index (χ4n) is 2.63. The summed E-state index contributed by atoms with van der Waals surface area (Å²) in [5, 5.41) is 0. The summed E-state index contributed by atoms with van der Waals surface area (Å²) >= 11 is 0. The first-order valence-electron chi connectivity index (χ1n) is 6.30. The maximum Gasteiger partial charge on any atom is 0.125 e. The van der Waals surface area contributed by atoms with Crippen molar-refractivity contribution in [1.29, 1.82) is 0 Å². The fourth-order valence-corrected chi connectivity index (χ4v) is 2.63. The smallest absolute Gasteiger partial charge is 0.125 e. The Morgan fingerprint density at radius 1 is 1.22 bits per heavy atom. The summed E-state index contributed by atoms with van der Waals surface area (Å²) in [6.45, 7) is 0.643.